The van der Waals surface area contributed by atoms with Crippen molar-refractivity contribution < 1.29 is 4.39 Å². The number of aryl methyl sites for hydroxylation is 2. The monoisotopic (exact) mass is 338 g/mol. The van der Waals surface area contributed by atoms with E-state index < -0.39 is 0 Å². The van der Waals surface area contributed by atoms with Gasteiger partial charge in [0.2, 0.25) is 0 Å². The molecule has 3 N–H and O–H groups in total. The van der Waals surface area contributed by atoms with Crippen LogP contribution < -0.4 is 11.1 Å². The molecule has 0 aliphatic rings. The van der Waals surface area contributed by atoms with Gasteiger partial charge in [0, 0.05) is 18.2 Å². The van der Waals surface area contributed by atoms with Crippen molar-refractivity contribution >= 4 is 33.3 Å². The minimum absolute atomic E-state index is 0.290. The lowest BCUT2D eigenvalue weighted by molar-refractivity contribution is 0.620. The van der Waals surface area contributed by atoms with Crippen LogP contribution in [0.5, 0.6) is 0 Å². The van der Waals surface area contributed by atoms with E-state index in [2.05, 4.69) is 38.1 Å². The van der Waals surface area contributed by atoms with E-state index in [0.29, 0.717) is 21.9 Å². The van der Waals surface area contributed by atoms with Crippen molar-refractivity contribution in [3.05, 3.63) is 39.9 Å². The van der Waals surface area contributed by atoms with Gasteiger partial charge in [-0.2, -0.15) is 0 Å². The molecule has 2 aromatic rings. The highest BCUT2D eigenvalue weighted by Gasteiger charge is 2.08. The summed E-state index contributed by atoms with van der Waals surface area (Å²) in [5.74, 6) is 1.45. The lowest BCUT2D eigenvalue weighted by atomic mass is 10.2. The number of anilines is 3. The summed E-state index contributed by atoms with van der Waals surface area (Å²) in [6.45, 7) is 3.89. The van der Waals surface area contributed by atoms with Crippen molar-refractivity contribution in [2.45, 2.75) is 26.7 Å². The second-order valence-corrected chi connectivity index (χ2v) is 5.40. The van der Waals surface area contributed by atoms with Crippen LogP contribution in [0.4, 0.5) is 21.7 Å². The first-order valence-corrected chi connectivity index (χ1v) is 7.15. The Labute approximate surface area is 125 Å². The standard InChI is InChI=1S/C14H16BrFN4/c1-3-4-13-19-12(17)7-14(20-13)18-11-6-9(15)10(16)5-8(11)2/h5-7H,3-4H2,1-2H3,(H3,17,18,19,20). The molecule has 0 unspecified atom stereocenters. The average Bonchev–Trinajstić information content (AvgIpc) is 2.35. The van der Waals surface area contributed by atoms with E-state index in [1.54, 1.807) is 12.1 Å². The third-order valence-corrected chi connectivity index (χ3v) is 3.40. The number of rotatable bonds is 4. The Hall–Kier alpha value is -1.69. The minimum Gasteiger partial charge on any atom is -0.384 e. The summed E-state index contributed by atoms with van der Waals surface area (Å²) < 4.78 is 13.8. The predicted molar refractivity (Wildman–Crippen MR) is 82.6 cm³/mol. The van der Waals surface area contributed by atoms with Crippen LogP contribution in [0.15, 0.2) is 22.7 Å². The normalized spacial score (nSPS) is 10.6. The Morgan fingerprint density at radius 3 is 2.75 bits per heavy atom. The highest BCUT2D eigenvalue weighted by Crippen LogP contribution is 2.26. The third-order valence-electron chi connectivity index (χ3n) is 2.80. The molecule has 0 saturated carbocycles. The number of nitrogens with two attached hydrogens (primary N) is 1. The fourth-order valence-corrected chi connectivity index (χ4v) is 2.18. The summed E-state index contributed by atoms with van der Waals surface area (Å²) in [5, 5.41) is 3.15. The Kier molecular flexibility index (Phi) is 4.54. The maximum Gasteiger partial charge on any atom is 0.137 e. The molecule has 0 aliphatic heterocycles. The largest absolute Gasteiger partial charge is 0.384 e. The first-order chi connectivity index (χ1) is 9.49. The number of nitrogen functional groups attached to an aromatic ring is 1. The first-order valence-electron chi connectivity index (χ1n) is 6.35. The van der Waals surface area contributed by atoms with E-state index in [1.165, 1.54) is 6.07 Å². The van der Waals surface area contributed by atoms with Gasteiger partial charge in [-0.15, -0.1) is 0 Å². The van der Waals surface area contributed by atoms with Gasteiger partial charge < -0.3 is 11.1 Å². The highest BCUT2D eigenvalue weighted by atomic mass is 79.9. The minimum atomic E-state index is -0.290. The lowest BCUT2D eigenvalue weighted by Crippen LogP contribution is -2.04. The second-order valence-electron chi connectivity index (χ2n) is 4.55. The van der Waals surface area contributed by atoms with Crippen molar-refractivity contribution in [3.63, 3.8) is 0 Å². The molecule has 0 saturated heterocycles. The molecule has 0 atom stereocenters. The van der Waals surface area contributed by atoms with Crippen LogP contribution >= 0.6 is 15.9 Å². The molecule has 1 heterocycles. The Morgan fingerprint density at radius 1 is 1.30 bits per heavy atom. The van der Waals surface area contributed by atoms with Crippen molar-refractivity contribution in [3.8, 4) is 0 Å². The zero-order valence-corrected chi connectivity index (χ0v) is 13.0. The Morgan fingerprint density at radius 2 is 2.05 bits per heavy atom. The second kappa shape index (κ2) is 6.17. The number of nitrogens with zero attached hydrogens (tertiary/aromatic N) is 2. The van der Waals surface area contributed by atoms with E-state index in [1.807, 2.05) is 6.92 Å². The van der Waals surface area contributed by atoms with E-state index >= 15 is 0 Å². The van der Waals surface area contributed by atoms with Gasteiger partial charge in [-0.3, -0.25) is 0 Å². The summed E-state index contributed by atoms with van der Waals surface area (Å²) in [5.41, 5.74) is 7.34. The molecule has 1 aromatic heterocycles. The molecule has 0 bridgehead atoms. The Bertz CT molecular complexity index is 631. The molecule has 4 nitrogen and oxygen atoms in total. The molecule has 1 aromatic carbocycles. The predicted octanol–water partition coefficient (Wildman–Crippen LogP) is 3.96. The number of hydrogen-bond donors (Lipinski definition) is 2. The number of benzene rings is 1. The van der Waals surface area contributed by atoms with Gasteiger partial charge in [0.15, 0.2) is 0 Å². The summed E-state index contributed by atoms with van der Waals surface area (Å²) in [6, 6.07) is 4.81. The van der Waals surface area contributed by atoms with Crippen molar-refractivity contribution in [2.24, 2.45) is 0 Å². The van der Waals surface area contributed by atoms with Crippen LogP contribution in [0.25, 0.3) is 0 Å². The first kappa shape index (κ1) is 14.7. The van der Waals surface area contributed by atoms with E-state index in [4.69, 9.17) is 5.73 Å². The van der Waals surface area contributed by atoms with E-state index in [-0.39, 0.29) is 5.82 Å². The highest BCUT2D eigenvalue weighted by molar-refractivity contribution is 9.10. The molecular weight excluding hydrogens is 323 g/mol. The average molecular weight is 339 g/mol. The zero-order valence-electron chi connectivity index (χ0n) is 11.4. The molecular formula is C14H16BrFN4. The fourth-order valence-electron chi connectivity index (χ4n) is 1.84. The smallest absolute Gasteiger partial charge is 0.137 e. The summed E-state index contributed by atoms with van der Waals surface area (Å²) in [6.07, 6.45) is 1.72. The van der Waals surface area contributed by atoms with Crippen molar-refractivity contribution in [2.75, 3.05) is 11.1 Å². The van der Waals surface area contributed by atoms with Crippen LogP contribution in [0.1, 0.15) is 24.7 Å². The summed E-state index contributed by atoms with van der Waals surface area (Å²) in [4.78, 5) is 8.58. The van der Waals surface area contributed by atoms with E-state index in [9.17, 15) is 4.39 Å². The van der Waals surface area contributed by atoms with Crippen LogP contribution in [0, 0.1) is 12.7 Å². The van der Waals surface area contributed by atoms with Crippen LogP contribution in [0.3, 0.4) is 0 Å². The van der Waals surface area contributed by atoms with Gasteiger partial charge in [-0.05, 0) is 47.0 Å². The number of nitrogens with one attached hydrogen (secondary N) is 1. The molecule has 20 heavy (non-hydrogen) atoms. The molecule has 0 radical (unpaired) electrons. The maximum atomic E-state index is 13.4. The topological polar surface area (TPSA) is 63.8 Å². The lowest BCUT2D eigenvalue weighted by Gasteiger charge is -2.11. The fraction of sp³-hybridized carbons (Fsp3) is 0.286. The van der Waals surface area contributed by atoms with Crippen molar-refractivity contribution in [1.82, 2.24) is 9.97 Å². The Balaban J connectivity index is 2.32. The number of halogens is 2. The molecule has 0 amide bonds. The van der Waals surface area contributed by atoms with Gasteiger partial charge in [0.25, 0.3) is 0 Å². The summed E-state index contributed by atoms with van der Waals surface area (Å²) in [7, 11) is 0. The third kappa shape index (κ3) is 3.45. The van der Waals surface area contributed by atoms with Gasteiger partial charge in [-0.25, -0.2) is 14.4 Å². The molecule has 0 fully saturated rings. The molecule has 0 aliphatic carbocycles. The maximum absolute atomic E-state index is 13.4. The SMILES string of the molecule is CCCc1nc(N)cc(Nc2cc(Br)c(F)cc2C)n1. The molecule has 2 rings (SSSR count). The summed E-state index contributed by atoms with van der Waals surface area (Å²) >= 11 is 3.17. The number of aromatic nitrogens is 2. The van der Waals surface area contributed by atoms with Crippen LogP contribution in [0.2, 0.25) is 0 Å². The molecule has 6 heteroatoms. The van der Waals surface area contributed by atoms with Crippen LogP contribution in [-0.4, -0.2) is 9.97 Å². The molecule has 106 valence electrons. The number of hydrogen-bond acceptors (Lipinski definition) is 4. The van der Waals surface area contributed by atoms with Gasteiger partial charge in [0.05, 0.1) is 4.47 Å². The van der Waals surface area contributed by atoms with E-state index in [0.717, 1.165) is 24.1 Å². The van der Waals surface area contributed by atoms with Crippen molar-refractivity contribution in [1.29, 1.82) is 0 Å². The van der Waals surface area contributed by atoms with Gasteiger partial charge in [-0.1, -0.05) is 6.92 Å². The van der Waals surface area contributed by atoms with Gasteiger partial charge in [0.1, 0.15) is 23.3 Å². The zero-order chi connectivity index (χ0) is 14.7. The quantitative estimate of drug-likeness (QED) is 0.885. The van der Waals surface area contributed by atoms with Gasteiger partial charge >= 0.3 is 0 Å². The molecule has 0 spiro atoms. The van der Waals surface area contributed by atoms with Crippen LogP contribution in [-0.2, 0) is 6.42 Å².